The van der Waals surface area contributed by atoms with Gasteiger partial charge >= 0.3 is 6.03 Å². The highest BCUT2D eigenvalue weighted by molar-refractivity contribution is 5.94. The third kappa shape index (κ3) is 5.88. The molecule has 0 spiro atoms. The molecule has 0 atom stereocenters. The standard InChI is InChI=1S/C23H25N3O2/c27-22-10-4-5-18-26(22)21-13-11-20(12-14-21)9-6-16-24-23(28)25-17-15-19-7-2-1-3-8-19/h1-3,7-8,11-14H,4-5,10,15-18H2,(H2,24,25,28). The van der Waals surface area contributed by atoms with Gasteiger partial charge < -0.3 is 15.5 Å². The zero-order valence-electron chi connectivity index (χ0n) is 15.9. The first-order chi connectivity index (χ1) is 13.7. The fraction of sp³-hybridized carbons (Fsp3) is 0.304. The van der Waals surface area contributed by atoms with E-state index in [0.717, 1.165) is 37.1 Å². The Kier molecular flexibility index (Phi) is 7.08. The Labute approximate surface area is 166 Å². The van der Waals surface area contributed by atoms with Crippen molar-refractivity contribution >= 4 is 17.6 Å². The number of urea groups is 1. The van der Waals surface area contributed by atoms with Crippen molar-refractivity contribution in [3.8, 4) is 11.8 Å². The molecule has 2 aromatic rings. The van der Waals surface area contributed by atoms with E-state index in [0.29, 0.717) is 13.0 Å². The summed E-state index contributed by atoms with van der Waals surface area (Å²) in [5, 5.41) is 5.55. The summed E-state index contributed by atoms with van der Waals surface area (Å²) >= 11 is 0. The molecule has 0 bridgehead atoms. The number of nitrogens with zero attached hydrogens (tertiary/aromatic N) is 1. The highest BCUT2D eigenvalue weighted by Crippen LogP contribution is 2.20. The van der Waals surface area contributed by atoms with Crippen molar-refractivity contribution in [3.63, 3.8) is 0 Å². The van der Waals surface area contributed by atoms with E-state index in [9.17, 15) is 9.59 Å². The molecule has 0 radical (unpaired) electrons. The molecule has 2 aromatic carbocycles. The molecule has 1 aliphatic rings. The molecule has 1 aliphatic heterocycles. The van der Waals surface area contributed by atoms with E-state index in [1.807, 2.05) is 59.5 Å². The molecule has 3 amide bonds. The van der Waals surface area contributed by atoms with E-state index < -0.39 is 0 Å². The lowest BCUT2D eigenvalue weighted by Crippen LogP contribution is -2.36. The van der Waals surface area contributed by atoms with Gasteiger partial charge in [-0.25, -0.2) is 4.79 Å². The minimum Gasteiger partial charge on any atom is -0.338 e. The Balaban J connectivity index is 1.39. The molecule has 1 fully saturated rings. The summed E-state index contributed by atoms with van der Waals surface area (Å²) in [4.78, 5) is 25.6. The van der Waals surface area contributed by atoms with Crippen molar-refractivity contribution in [3.05, 3.63) is 65.7 Å². The summed E-state index contributed by atoms with van der Waals surface area (Å²) in [7, 11) is 0. The van der Waals surface area contributed by atoms with E-state index in [-0.39, 0.29) is 18.5 Å². The highest BCUT2D eigenvalue weighted by atomic mass is 16.2. The zero-order valence-corrected chi connectivity index (χ0v) is 15.9. The van der Waals surface area contributed by atoms with Crippen LogP contribution in [-0.2, 0) is 11.2 Å². The number of carbonyl (C=O) groups excluding carboxylic acids is 2. The lowest BCUT2D eigenvalue weighted by molar-refractivity contribution is -0.119. The predicted octanol–water partition coefficient (Wildman–Crippen LogP) is 3.10. The number of amides is 3. The summed E-state index contributed by atoms with van der Waals surface area (Å²) in [6, 6.07) is 17.5. The summed E-state index contributed by atoms with van der Waals surface area (Å²) < 4.78 is 0. The van der Waals surface area contributed by atoms with Gasteiger partial charge in [0.1, 0.15) is 0 Å². The molecule has 5 heteroatoms. The van der Waals surface area contributed by atoms with Crippen molar-refractivity contribution in [2.45, 2.75) is 25.7 Å². The number of carbonyl (C=O) groups is 2. The fourth-order valence-corrected chi connectivity index (χ4v) is 3.10. The van der Waals surface area contributed by atoms with Gasteiger partial charge in [0.15, 0.2) is 0 Å². The van der Waals surface area contributed by atoms with Gasteiger partial charge in [-0.3, -0.25) is 4.79 Å². The summed E-state index contributed by atoms with van der Waals surface area (Å²) in [5.41, 5.74) is 2.97. The second kappa shape index (κ2) is 10.2. The first-order valence-electron chi connectivity index (χ1n) is 9.67. The van der Waals surface area contributed by atoms with Crippen molar-refractivity contribution in [1.82, 2.24) is 10.6 Å². The van der Waals surface area contributed by atoms with Gasteiger partial charge in [-0.15, -0.1) is 0 Å². The first-order valence-corrected chi connectivity index (χ1v) is 9.67. The molecule has 1 heterocycles. The van der Waals surface area contributed by atoms with Crippen LogP contribution in [0.5, 0.6) is 0 Å². The topological polar surface area (TPSA) is 61.4 Å². The molecule has 0 aromatic heterocycles. The minimum atomic E-state index is -0.218. The van der Waals surface area contributed by atoms with Crippen LogP contribution >= 0.6 is 0 Å². The Hall–Kier alpha value is -3.26. The average Bonchev–Trinajstić information content (AvgIpc) is 2.73. The van der Waals surface area contributed by atoms with Crippen LogP contribution in [0.15, 0.2) is 54.6 Å². The monoisotopic (exact) mass is 375 g/mol. The van der Waals surface area contributed by atoms with Gasteiger partial charge in [0.05, 0.1) is 6.54 Å². The van der Waals surface area contributed by atoms with Crippen LogP contribution in [0.3, 0.4) is 0 Å². The van der Waals surface area contributed by atoms with Crippen LogP contribution in [0.25, 0.3) is 0 Å². The predicted molar refractivity (Wildman–Crippen MR) is 111 cm³/mol. The van der Waals surface area contributed by atoms with Gasteiger partial charge in [0.2, 0.25) is 5.91 Å². The lowest BCUT2D eigenvalue weighted by atomic mass is 10.1. The molecule has 0 unspecified atom stereocenters. The average molecular weight is 375 g/mol. The molecule has 3 rings (SSSR count). The van der Waals surface area contributed by atoms with Gasteiger partial charge in [0, 0.05) is 30.8 Å². The Morgan fingerprint density at radius 3 is 2.54 bits per heavy atom. The van der Waals surface area contributed by atoms with E-state index in [2.05, 4.69) is 22.5 Å². The Bertz CT molecular complexity index is 851. The second-order valence-electron chi connectivity index (χ2n) is 6.70. The van der Waals surface area contributed by atoms with Crippen LogP contribution in [0.4, 0.5) is 10.5 Å². The van der Waals surface area contributed by atoms with Crippen LogP contribution in [0.2, 0.25) is 0 Å². The van der Waals surface area contributed by atoms with Crippen LogP contribution in [0.1, 0.15) is 30.4 Å². The Morgan fingerprint density at radius 1 is 1.00 bits per heavy atom. The van der Waals surface area contributed by atoms with Crippen molar-refractivity contribution in [1.29, 1.82) is 0 Å². The van der Waals surface area contributed by atoms with E-state index in [4.69, 9.17) is 0 Å². The molecule has 0 aliphatic carbocycles. The number of rotatable bonds is 5. The van der Waals surface area contributed by atoms with E-state index in [1.54, 1.807) is 0 Å². The number of piperidine rings is 1. The molecule has 144 valence electrons. The molecule has 1 saturated heterocycles. The lowest BCUT2D eigenvalue weighted by Gasteiger charge is -2.26. The third-order valence-corrected chi connectivity index (χ3v) is 4.61. The van der Waals surface area contributed by atoms with Gasteiger partial charge in [0.25, 0.3) is 0 Å². The molecular weight excluding hydrogens is 350 g/mol. The summed E-state index contributed by atoms with van der Waals surface area (Å²) in [6.07, 6.45) is 3.45. The number of nitrogens with one attached hydrogen (secondary N) is 2. The third-order valence-electron chi connectivity index (χ3n) is 4.61. The molecule has 28 heavy (non-hydrogen) atoms. The zero-order chi connectivity index (χ0) is 19.6. The van der Waals surface area contributed by atoms with Gasteiger partial charge in [-0.1, -0.05) is 42.2 Å². The second-order valence-corrected chi connectivity index (χ2v) is 6.70. The highest BCUT2D eigenvalue weighted by Gasteiger charge is 2.19. The number of anilines is 1. The maximum atomic E-state index is 12.0. The van der Waals surface area contributed by atoms with Crippen molar-refractivity contribution in [2.24, 2.45) is 0 Å². The summed E-state index contributed by atoms with van der Waals surface area (Å²) in [5.74, 6) is 6.16. The van der Waals surface area contributed by atoms with Crippen LogP contribution in [-0.4, -0.2) is 31.6 Å². The first kappa shape index (κ1) is 19.5. The van der Waals surface area contributed by atoms with Crippen molar-refractivity contribution < 1.29 is 9.59 Å². The quantitative estimate of drug-likeness (QED) is 0.789. The maximum Gasteiger partial charge on any atom is 0.315 e. The summed E-state index contributed by atoms with van der Waals surface area (Å²) in [6.45, 7) is 1.65. The van der Waals surface area contributed by atoms with E-state index >= 15 is 0 Å². The Morgan fingerprint density at radius 2 is 1.79 bits per heavy atom. The fourth-order valence-electron chi connectivity index (χ4n) is 3.10. The normalized spacial score (nSPS) is 13.4. The maximum absolute atomic E-state index is 12.0. The molecule has 2 N–H and O–H groups in total. The number of hydrogen-bond acceptors (Lipinski definition) is 2. The van der Waals surface area contributed by atoms with Gasteiger partial charge in [-0.05, 0) is 49.1 Å². The largest absolute Gasteiger partial charge is 0.338 e. The molecule has 5 nitrogen and oxygen atoms in total. The SMILES string of the molecule is O=C(NCC#Cc1ccc(N2CCCCC2=O)cc1)NCCc1ccccc1. The van der Waals surface area contributed by atoms with E-state index in [1.165, 1.54) is 5.56 Å². The van der Waals surface area contributed by atoms with Crippen LogP contribution in [0, 0.1) is 11.8 Å². The number of benzene rings is 2. The smallest absolute Gasteiger partial charge is 0.315 e. The molecular formula is C23H25N3O2. The number of hydrogen-bond donors (Lipinski definition) is 2. The van der Waals surface area contributed by atoms with Crippen LogP contribution < -0.4 is 15.5 Å². The van der Waals surface area contributed by atoms with Crippen molar-refractivity contribution in [2.75, 3.05) is 24.5 Å². The molecule has 0 saturated carbocycles. The van der Waals surface area contributed by atoms with Gasteiger partial charge in [-0.2, -0.15) is 0 Å². The minimum absolute atomic E-state index is 0.188.